The molecule has 0 saturated carbocycles. The quantitative estimate of drug-likeness (QED) is 0.833. The zero-order valence-electron chi connectivity index (χ0n) is 9.84. The molecule has 2 atom stereocenters. The van der Waals surface area contributed by atoms with Crippen LogP contribution in [0.25, 0.3) is 0 Å². The molecule has 2 aromatic rings. The molecule has 0 amide bonds. The monoisotopic (exact) mass is 243 g/mol. The van der Waals surface area contributed by atoms with Crippen LogP contribution < -0.4 is 10.5 Å². The summed E-state index contributed by atoms with van der Waals surface area (Å²) in [7, 11) is 0. The lowest BCUT2D eigenvalue weighted by atomic mass is 9.94. The van der Waals surface area contributed by atoms with Gasteiger partial charge in [-0.3, -0.25) is 0 Å². The summed E-state index contributed by atoms with van der Waals surface area (Å²) < 4.78 is 19.1. The van der Waals surface area contributed by atoms with Crippen molar-refractivity contribution in [2.24, 2.45) is 5.73 Å². The van der Waals surface area contributed by atoms with Crippen molar-refractivity contribution in [3.8, 4) is 5.75 Å². The molecule has 0 fully saturated rings. The third kappa shape index (κ3) is 1.97. The predicted molar refractivity (Wildman–Crippen MR) is 67.8 cm³/mol. The number of fused-ring (bicyclic) bond motifs is 1. The molecule has 2 unspecified atom stereocenters. The Kier molecular flexibility index (Phi) is 2.76. The molecule has 18 heavy (non-hydrogen) atoms. The van der Waals surface area contributed by atoms with Crippen LogP contribution in [-0.2, 0) is 0 Å². The van der Waals surface area contributed by atoms with Gasteiger partial charge in [-0.1, -0.05) is 30.3 Å². The smallest absolute Gasteiger partial charge is 0.126 e. The van der Waals surface area contributed by atoms with E-state index >= 15 is 0 Å². The molecule has 0 spiro atoms. The van der Waals surface area contributed by atoms with Gasteiger partial charge >= 0.3 is 0 Å². The highest BCUT2D eigenvalue weighted by Gasteiger charge is 2.26. The molecule has 0 radical (unpaired) electrons. The summed E-state index contributed by atoms with van der Waals surface area (Å²) in [5, 5.41) is 0. The van der Waals surface area contributed by atoms with Crippen molar-refractivity contribution < 1.29 is 9.13 Å². The minimum absolute atomic E-state index is 0.0665. The molecule has 2 aromatic carbocycles. The van der Waals surface area contributed by atoms with Crippen LogP contribution in [0.2, 0.25) is 0 Å². The normalized spacial score (nSPS) is 22.1. The fourth-order valence-electron chi connectivity index (χ4n) is 2.36. The number of para-hydroxylation sites is 1. The van der Waals surface area contributed by atoms with Crippen molar-refractivity contribution in [3.05, 3.63) is 65.5 Å². The van der Waals surface area contributed by atoms with Gasteiger partial charge in [0.05, 0.1) is 0 Å². The standard InChI is InChI=1S/C15H14FNO/c16-11-5-3-4-10(8-11)15-9-13(17)12-6-1-2-7-14(12)18-15/h1-8,13,15H,9,17H2. The van der Waals surface area contributed by atoms with E-state index < -0.39 is 0 Å². The van der Waals surface area contributed by atoms with Crippen LogP contribution in [0.3, 0.4) is 0 Å². The average molecular weight is 243 g/mol. The summed E-state index contributed by atoms with van der Waals surface area (Å²) in [6.07, 6.45) is 0.492. The Morgan fingerprint density at radius 3 is 2.78 bits per heavy atom. The molecular formula is C15H14FNO. The maximum atomic E-state index is 13.2. The topological polar surface area (TPSA) is 35.2 Å². The Morgan fingerprint density at radius 2 is 1.94 bits per heavy atom. The zero-order chi connectivity index (χ0) is 12.5. The highest BCUT2D eigenvalue weighted by Crippen LogP contribution is 2.39. The van der Waals surface area contributed by atoms with E-state index in [0.717, 1.165) is 16.9 Å². The molecule has 3 heteroatoms. The van der Waals surface area contributed by atoms with Crippen LogP contribution in [0.5, 0.6) is 5.75 Å². The van der Waals surface area contributed by atoms with Crippen molar-refractivity contribution in [2.75, 3.05) is 0 Å². The summed E-state index contributed by atoms with van der Waals surface area (Å²) in [6.45, 7) is 0. The van der Waals surface area contributed by atoms with Crippen LogP contribution in [0.1, 0.15) is 29.7 Å². The van der Waals surface area contributed by atoms with Crippen molar-refractivity contribution in [3.63, 3.8) is 0 Å². The summed E-state index contributed by atoms with van der Waals surface area (Å²) in [6, 6.07) is 14.2. The number of hydrogen-bond acceptors (Lipinski definition) is 2. The first kappa shape index (κ1) is 11.2. The Labute approximate surface area is 105 Å². The molecule has 0 bridgehead atoms. The van der Waals surface area contributed by atoms with E-state index in [4.69, 9.17) is 10.5 Å². The van der Waals surface area contributed by atoms with Gasteiger partial charge in [0.15, 0.2) is 0 Å². The lowest BCUT2D eigenvalue weighted by Crippen LogP contribution is -2.24. The number of ether oxygens (including phenoxy) is 1. The van der Waals surface area contributed by atoms with Gasteiger partial charge in [0.2, 0.25) is 0 Å². The van der Waals surface area contributed by atoms with Crippen molar-refractivity contribution >= 4 is 0 Å². The predicted octanol–water partition coefficient (Wildman–Crippen LogP) is 3.35. The van der Waals surface area contributed by atoms with Gasteiger partial charge in [-0.05, 0) is 23.8 Å². The van der Waals surface area contributed by atoms with E-state index in [-0.39, 0.29) is 18.0 Å². The maximum absolute atomic E-state index is 13.2. The van der Waals surface area contributed by atoms with Crippen LogP contribution in [0, 0.1) is 5.82 Å². The van der Waals surface area contributed by atoms with Crippen LogP contribution >= 0.6 is 0 Å². The molecule has 2 N–H and O–H groups in total. The molecule has 0 aliphatic carbocycles. The summed E-state index contributed by atoms with van der Waals surface area (Å²) in [4.78, 5) is 0. The van der Waals surface area contributed by atoms with Crippen LogP contribution in [0.4, 0.5) is 4.39 Å². The van der Waals surface area contributed by atoms with Crippen molar-refractivity contribution in [2.45, 2.75) is 18.6 Å². The second-order valence-electron chi connectivity index (χ2n) is 4.54. The molecular weight excluding hydrogens is 229 g/mol. The fourth-order valence-corrected chi connectivity index (χ4v) is 2.36. The summed E-state index contributed by atoms with van der Waals surface area (Å²) >= 11 is 0. The number of benzene rings is 2. The van der Waals surface area contributed by atoms with E-state index in [0.29, 0.717) is 6.42 Å². The van der Waals surface area contributed by atoms with Crippen LogP contribution in [-0.4, -0.2) is 0 Å². The first-order valence-electron chi connectivity index (χ1n) is 6.00. The van der Waals surface area contributed by atoms with E-state index in [9.17, 15) is 4.39 Å². The number of nitrogens with two attached hydrogens (primary N) is 1. The molecule has 0 aromatic heterocycles. The van der Waals surface area contributed by atoms with Gasteiger partial charge in [-0.25, -0.2) is 4.39 Å². The Morgan fingerprint density at radius 1 is 1.11 bits per heavy atom. The van der Waals surface area contributed by atoms with Crippen molar-refractivity contribution in [1.29, 1.82) is 0 Å². The number of hydrogen-bond donors (Lipinski definition) is 1. The van der Waals surface area contributed by atoms with E-state index in [1.165, 1.54) is 12.1 Å². The largest absolute Gasteiger partial charge is 0.485 e. The van der Waals surface area contributed by atoms with Gasteiger partial charge in [0.1, 0.15) is 17.7 Å². The van der Waals surface area contributed by atoms with Gasteiger partial charge in [0, 0.05) is 18.0 Å². The second-order valence-corrected chi connectivity index (χ2v) is 4.54. The Balaban J connectivity index is 1.94. The Bertz CT molecular complexity index is 570. The lowest BCUT2D eigenvalue weighted by molar-refractivity contribution is 0.161. The number of halogens is 1. The third-order valence-corrected chi connectivity index (χ3v) is 3.28. The fraction of sp³-hybridized carbons (Fsp3) is 0.200. The molecule has 1 aliphatic rings. The second kappa shape index (κ2) is 4.42. The third-order valence-electron chi connectivity index (χ3n) is 3.28. The van der Waals surface area contributed by atoms with Gasteiger partial charge in [-0.2, -0.15) is 0 Å². The molecule has 1 aliphatic heterocycles. The molecule has 3 rings (SSSR count). The van der Waals surface area contributed by atoms with E-state index in [1.807, 2.05) is 30.3 Å². The number of rotatable bonds is 1. The molecule has 92 valence electrons. The highest BCUT2D eigenvalue weighted by atomic mass is 19.1. The first-order valence-corrected chi connectivity index (χ1v) is 6.00. The van der Waals surface area contributed by atoms with Crippen LogP contribution in [0.15, 0.2) is 48.5 Å². The highest BCUT2D eigenvalue weighted by molar-refractivity contribution is 5.39. The first-order chi connectivity index (χ1) is 8.74. The summed E-state index contributed by atoms with van der Waals surface area (Å²) in [5.41, 5.74) is 7.99. The minimum Gasteiger partial charge on any atom is -0.485 e. The summed E-state index contributed by atoms with van der Waals surface area (Å²) in [5.74, 6) is 0.550. The van der Waals surface area contributed by atoms with Gasteiger partial charge in [0.25, 0.3) is 0 Å². The molecule has 1 heterocycles. The SMILES string of the molecule is NC1CC(c2cccc(F)c2)Oc2ccccc21. The average Bonchev–Trinajstić information content (AvgIpc) is 2.39. The van der Waals surface area contributed by atoms with Gasteiger partial charge < -0.3 is 10.5 Å². The molecule has 2 nitrogen and oxygen atoms in total. The zero-order valence-corrected chi connectivity index (χ0v) is 9.84. The van der Waals surface area contributed by atoms with Crippen molar-refractivity contribution in [1.82, 2.24) is 0 Å². The lowest BCUT2D eigenvalue weighted by Gasteiger charge is -2.30. The maximum Gasteiger partial charge on any atom is 0.126 e. The van der Waals surface area contributed by atoms with E-state index in [1.54, 1.807) is 6.07 Å². The van der Waals surface area contributed by atoms with E-state index in [2.05, 4.69) is 0 Å². The van der Waals surface area contributed by atoms with Gasteiger partial charge in [-0.15, -0.1) is 0 Å². The minimum atomic E-state index is -0.247. The molecule has 0 saturated heterocycles. The Hall–Kier alpha value is -1.87.